The van der Waals surface area contributed by atoms with Crippen molar-refractivity contribution in [3.63, 3.8) is 0 Å². The number of aromatic amines is 1. The Labute approximate surface area is 150 Å². The van der Waals surface area contributed by atoms with Crippen molar-refractivity contribution in [2.24, 2.45) is 0 Å². The summed E-state index contributed by atoms with van der Waals surface area (Å²) in [6, 6.07) is 10.4. The highest BCUT2D eigenvalue weighted by atomic mass is 35.5. The molecule has 3 rings (SSSR count). The molecule has 126 valence electrons. The topological polar surface area (TPSA) is 82.5 Å². The molecule has 6 heteroatoms. The third-order valence-electron chi connectivity index (χ3n) is 3.99. The molecule has 25 heavy (non-hydrogen) atoms. The van der Waals surface area contributed by atoms with Gasteiger partial charge in [-0.3, -0.25) is 9.78 Å². The van der Waals surface area contributed by atoms with Crippen LogP contribution < -0.4 is 0 Å². The van der Waals surface area contributed by atoms with Crippen LogP contribution in [0.3, 0.4) is 0 Å². The molecule has 2 N–H and O–H groups in total. The van der Waals surface area contributed by atoms with Gasteiger partial charge in [-0.15, -0.1) is 0 Å². The average molecular weight is 353 g/mol. The van der Waals surface area contributed by atoms with Crippen molar-refractivity contribution in [3.05, 3.63) is 71.4 Å². The first kappa shape index (κ1) is 17.0. The number of H-pyrrole nitrogens is 1. The molecular weight excluding hydrogens is 336 g/mol. The number of carbonyl (C=O) groups excluding carboxylic acids is 1. The number of pyridine rings is 1. The van der Waals surface area contributed by atoms with Crippen LogP contribution in [0.5, 0.6) is 0 Å². The summed E-state index contributed by atoms with van der Waals surface area (Å²) in [6.07, 6.45) is 5.73. The number of aromatic nitrogens is 3. The van der Waals surface area contributed by atoms with Crippen LogP contribution in [0, 0.1) is 5.41 Å². The SMILES string of the molecule is CCC(C(=N)C(=O)c1cccc(Cl)c1)c1ncc(-c2cccnc2)[nH]1. The Hall–Kier alpha value is -2.79. The smallest absolute Gasteiger partial charge is 0.207 e. The maximum Gasteiger partial charge on any atom is 0.207 e. The van der Waals surface area contributed by atoms with Crippen LogP contribution in [-0.2, 0) is 0 Å². The summed E-state index contributed by atoms with van der Waals surface area (Å²) in [7, 11) is 0. The molecule has 3 aromatic rings. The lowest BCUT2D eigenvalue weighted by Gasteiger charge is -2.13. The van der Waals surface area contributed by atoms with Gasteiger partial charge in [-0.05, 0) is 30.7 Å². The maximum atomic E-state index is 12.6. The van der Waals surface area contributed by atoms with E-state index in [1.165, 1.54) is 0 Å². The highest BCUT2D eigenvalue weighted by Gasteiger charge is 2.25. The van der Waals surface area contributed by atoms with Crippen molar-refractivity contribution in [3.8, 4) is 11.3 Å². The molecule has 0 aliphatic rings. The van der Waals surface area contributed by atoms with E-state index in [0.717, 1.165) is 11.3 Å². The predicted octanol–water partition coefficient (Wildman–Crippen LogP) is 4.52. The highest BCUT2D eigenvalue weighted by Crippen LogP contribution is 2.24. The molecule has 0 radical (unpaired) electrons. The first-order chi connectivity index (χ1) is 12.1. The molecule has 0 amide bonds. The Kier molecular flexibility index (Phi) is 5.05. The summed E-state index contributed by atoms with van der Waals surface area (Å²) in [5, 5.41) is 8.82. The summed E-state index contributed by atoms with van der Waals surface area (Å²) >= 11 is 5.95. The zero-order valence-corrected chi connectivity index (χ0v) is 14.4. The fourth-order valence-corrected chi connectivity index (χ4v) is 2.85. The molecule has 0 aliphatic heterocycles. The van der Waals surface area contributed by atoms with E-state index >= 15 is 0 Å². The summed E-state index contributed by atoms with van der Waals surface area (Å²) in [5.41, 5.74) is 2.13. The van der Waals surface area contributed by atoms with E-state index in [1.807, 2.05) is 19.1 Å². The number of halogens is 1. The Morgan fingerprint density at radius 1 is 1.28 bits per heavy atom. The van der Waals surface area contributed by atoms with Crippen LogP contribution in [0.1, 0.15) is 35.4 Å². The number of rotatable bonds is 6. The minimum Gasteiger partial charge on any atom is -0.341 e. The van der Waals surface area contributed by atoms with E-state index < -0.39 is 5.92 Å². The van der Waals surface area contributed by atoms with Gasteiger partial charge in [0.25, 0.3) is 0 Å². The van der Waals surface area contributed by atoms with Gasteiger partial charge in [0, 0.05) is 28.5 Å². The van der Waals surface area contributed by atoms with E-state index in [-0.39, 0.29) is 11.5 Å². The van der Waals surface area contributed by atoms with E-state index in [4.69, 9.17) is 17.0 Å². The molecule has 1 unspecified atom stereocenters. The van der Waals surface area contributed by atoms with E-state index in [0.29, 0.717) is 22.8 Å². The maximum absolute atomic E-state index is 12.6. The summed E-state index contributed by atoms with van der Waals surface area (Å²) < 4.78 is 0. The fraction of sp³-hybridized carbons (Fsp3) is 0.158. The lowest BCUT2D eigenvalue weighted by molar-refractivity contribution is 0.106. The second-order valence-electron chi connectivity index (χ2n) is 5.64. The zero-order valence-electron chi connectivity index (χ0n) is 13.7. The molecule has 0 saturated heterocycles. The molecule has 0 spiro atoms. The van der Waals surface area contributed by atoms with E-state index in [9.17, 15) is 4.79 Å². The number of hydrogen-bond acceptors (Lipinski definition) is 4. The normalized spacial score (nSPS) is 11.9. The molecule has 0 aliphatic carbocycles. The van der Waals surface area contributed by atoms with Crippen LogP contribution >= 0.6 is 11.6 Å². The third kappa shape index (κ3) is 3.67. The summed E-state index contributed by atoms with van der Waals surface area (Å²) in [6.45, 7) is 1.93. The van der Waals surface area contributed by atoms with Gasteiger partial charge in [0.15, 0.2) is 0 Å². The van der Waals surface area contributed by atoms with Gasteiger partial charge in [-0.25, -0.2) is 4.98 Å². The number of Topliss-reactive ketones (excluding diaryl/α,β-unsaturated/α-hetero) is 1. The lowest BCUT2D eigenvalue weighted by atomic mass is 9.93. The average Bonchev–Trinajstić information content (AvgIpc) is 3.12. The Morgan fingerprint density at radius 3 is 2.80 bits per heavy atom. The van der Waals surface area contributed by atoms with Crippen molar-refractivity contribution in [1.82, 2.24) is 15.0 Å². The van der Waals surface area contributed by atoms with Gasteiger partial charge >= 0.3 is 0 Å². The number of imidazole rings is 1. The van der Waals surface area contributed by atoms with Gasteiger partial charge in [0.2, 0.25) is 5.78 Å². The second-order valence-corrected chi connectivity index (χ2v) is 6.07. The van der Waals surface area contributed by atoms with Gasteiger partial charge in [-0.2, -0.15) is 0 Å². The van der Waals surface area contributed by atoms with Crippen LogP contribution in [0.2, 0.25) is 5.02 Å². The number of ketones is 1. The Bertz CT molecular complexity index is 905. The van der Waals surface area contributed by atoms with Gasteiger partial charge in [0.1, 0.15) is 5.82 Å². The first-order valence-corrected chi connectivity index (χ1v) is 8.32. The van der Waals surface area contributed by atoms with E-state index in [1.54, 1.807) is 42.9 Å². The number of nitrogens with one attached hydrogen (secondary N) is 2. The van der Waals surface area contributed by atoms with E-state index in [2.05, 4.69) is 15.0 Å². The summed E-state index contributed by atoms with van der Waals surface area (Å²) in [4.78, 5) is 24.3. The number of carbonyl (C=O) groups is 1. The molecule has 0 saturated carbocycles. The Morgan fingerprint density at radius 2 is 2.12 bits per heavy atom. The monoisotopic (exact) mass is 352 g/mol. The summed E-state index contributed by atoms with van der Waals surface area (Å²) in [5.74, 6) is -0.146. The van der Waals surface area contributed by atoms with Gasteiger partial charge in [0.05, 0.1) is 23.5 Å². The Balaban J connectivity index is 1.86. The lowest BCUT2D eigenvalue weighted by Crippen LogP contribution is -2.22. The van der Waals surface area contributed by atoms with Crippen LogP contribution in [-0.4, -0.2) is 26.4 Å². The van der Waals surface area contributed by atoms with Crippen LogP contribution in [0.15, 0.2) is 55.0 Å². The molecule has 2 aromatic heterocycles. The minimum atomic E-state index is -0.406. The molecule has 5 nitrogen and oxygen atoms in total. The number of hydrogen-bond donors (Lipinski definition) is 2. The van der Waals surface area contributed by atoms with Gasteiger partial charge in [-0.1, -0.05) is 30.7 Å². The molecule has 0 bridgehead atoms. The predicted molar refractivity (Wildman–Crippen MR) is 98.4 cm³/mol. The standard InChI is InChI=1S/C19H17ClN4O/c1-2-15(17(21)18(25)12-5-3-7-14(20)9-12)19-23-11-16(24-19)13-6-4-8-22-10-13/h3-11,15,21H,2H2,1H3,(H,23,24). The molecule has 1 atom stereocenters. The molecular formula is C19H17ClN4O. The van der Waals surface area contributed by atoms with Crippen molar-refractivity contribution in [2.45, 2.75) is 19.3 Å². The minimum absolute atomic E-state index is 0.00291. The third-order valence-corrected chi connectivity index (χ3v) is 4.22. The second kappa shape index (κ2) is 7.40. The highest BCUT2D eigenvalue weighted by molar-refractivity contribution is 6.46. The van der Waals surface area contributed by atoms with Crippen molar-refractivity contribution in [2.75, 3.05) is 0 Å². The van der Waals surface area contributed by atoms with Crippen LogP contribution in [0.4, 0.5) is 0 Å². The fourth-order valence-electron chi connectivity index (χ4n) is 2.66. The number of benzene rings is 1. The number of nitrogens with zero attached hydrogens (tertiary/aromatic N) is 2. The van der Waals surface area contributed by atoms with Gasteiger partial charge < -0.3 is 10.4 Å². The largest absolute Gasteiger partial charge is 0.341 e. The molecule has 1 aromatic carbocycles. The quantitative estimate of drug-likeness (QED) is 0.505. The van der Waals surface area contributed by atoms with Crippen molar-refractivity contribution in [1.29, 1.82) is 5.41 Å². The first-order valence-electron chi connectivity index (χ1n) is 7.94. The van der Waals surface area contributed by atoms with Crippen molar-refractivity contribution >= 4 is 23.1 Å². The van der Waals surface area contributed by atoms with Crippen molar-refractivity contribution < 1.29 is 4.79 Å². The zero-order chi connectivity index (χ0) is 17.8. The van der Waals surface area contributed by atoms with Crippen LogP contribution in [0.25, 0.3) is 11.3 Å². The molecule has 2 heterocycles. The molecule has 0 fully saturated rings.